The first-order valence-corrected chi connectivity index (χ1v) is 5.85. The van der Waals surface area contributed by atoms with Crippen LogP contribution in [-0.4, -0.2) is 10.4 Å². The Balaban J connectivity index is 2.34. The monoisotopic (exact) mass is 235 g/mol. The zero-order valence-electron chi connectivity index (χ0n) is 9.24. The van der Waals surface area contributed by atoms with Crippen molar-refractivity contribution in [3.8, 4) is 0 Å². The predicted octanol–water partition coefficient (Wildman–Crippen LogP) is 3.66. The van der Waals surface area contributed by atoms with Crippen LogP contribution in [0.25, 0.3) is 10.9 Å². The third kappa shape index (κ3) is 2.12. The van der Waals surface area contributed by atoms with Gasteiger partial charge in [-0.2, -0.15) is 0 Å². The van der Waals surface area contributed by atoms with Crippen molar-refractivity contribution in [3.63, 3.8) is 0 Å². The average molecular weight is 236 g/mol. The molecule has 0 saturated heterocycles. The zero-order chi connectivity index (χ0) is 11.5. The Labute approximate surface area is 99.8 Å². The van der Waals surface area contributed by atoms with E-state index in [1.807, 2.05) is 42.0 Å². The summed E-state index contributed by atoms with van der Waals surface area (Å²) in [5.41, 5.74) is 1.02. The van der Waals surface area contributed by atoms with E-state index in [9.17, 15) is 4.79 Å². The van der Waals surface area contributed by atoms with E-state index in [1.165, 1.54) is 0 Å². The third-order valence-electron chi connectivity index (χ3n) is 2.62. The van der Waals surface area contributed by atoms with Crippen LogP contribution in [0.4, 0.5) is 0 Å². The molecule has 0 unspecified atom stereocenters. The molecule has 16 heavy (non-hydrogen) atoms. The van der Waals surface area contributed by atoms with Crippen molar-refractivity contribution in [2.75, 3.05) is 0 Å². The van der Waals surface area contributed by atoms with Crippen molar-refractivity contribution in [3.05, 3.63) is 35.5 Å². The molecule has 0 atom stereocenters. The van der Waals surface area contributed by atoms with Crippen molar-refractivity contribution in [2.24, 2.45) is 0 Å². The van der Waals surface area contributed by atoms with E-state index in [2.05, 4.69) is 0 Å². The van der Waals surface area contributed by atoms with Gasteiger partial charge in [0, 0.05) is 23.5 Å². The Hall–Kier alpha value is -1.28. The molecule has 2 nitrogen and oxygen atoms in total. The SMILES string of the molecule is CCCC(=O)Cn1cc(Cl)c2ccccc21. The first-order valence-electron chi connectivity index (χ1n) is 5.47. The number of hydrogen-bond acceptors (Lipinski definition) is 1. The number of rotatable bonds is 4. The molecule has 0 saturated carbocycles. The summed E-state index contributed by atoms with van der Waals surface area (Å²) in [6, 6.07) is 7.87. The number of Topliss-reactive ketones (excluding diaryl/α,β-unsaturated/α-hetero) is 1. The van der Waals surface area contributed by atoms with Gasteiger partial charge in [-0.25, -0.2) is 0 Å². The summed E-state index contributed by atoms with van der Waals surface area (Å²) in [5.74, 6) is 0.250. The van der Waals surface area contributed by atoms with Gasteiger partial charge in [0.2, 0.25) is 0 Å². The molecule has 0 fully saturated rings. The van der Waals surface area contributed by atoms with E-state index >= 15 is 0 Å². The van der Waals surface area contributed by atoms with Crippen LogP contribution in [-0.2, 0) is 11.3 Å². The van der Waals surface area contributed by atoms with Crippen molar-refractivity contribution >= 4 is 28.3 Å². The number of para-hydroxylation sites is 1. The maximum absolute atomic E-state index is 11.6. The second-order valence-electron chi connectivity index (χ2n) is 3.91. The Bertz CT molecular complexity index is 516. The minimum absolute atomic E-state index is 0.250. The first kappa shape index (κ1) is 11.2. The average Bonchev–Trinajstić information content (AvgIpc) is 2.57. The molecule has 0 radical (unpaired) electrons. The Morgan fingerprint density at radius 3 is 2.88 bits per heavy atom. The van der Waals surface area contributed by atoms with E-state index in [1.54, 1.807) is 0 Å². The highest BCUT2D eigenvalue weighted by Crippen LogP contribution is 2.25. The van der Waals surface area contributed by atoms with Gasteiger partial charge in [0.15, 0.2) is 5.78 Å². The van der Waals surface area contributed by atoms with Crippen LogP contribution in [0.15, 0.2) is 30.5 Å². The normalized spacial score (nSPS) is 10.9. The van der Waals surface area contributed by atoms with Crippen molar-refractivity contribution < 1.29 is 4.79 Å². The highest BCUT2D eigenvalue weighted by atomic mass is 35.5. The van der Waals surface area contributed by atoms with Gasteiger partial charge in [-0.15, -0.1) is 0 Å². The van der Waals surface area contributed by atoms with E-state index in [0.29, 0.717) is 18.0 Å². The molecule has 2 aromatic rings. The lowest BCUT2D eigenvalue weighted by molar-refractivity contribution is -0.119. The Morgan fingerprint density at radius 1 is 1.38 bits per heavy atom. The van der Waals surface area contributed by atoms with Crippen LogP contribution in [0.1, 0.15) is 19.8 Å². The maximum atomic E-state index is 11.6. The van der Waals surface area contributed by atoms with Crippen LogP contribution < -0.4 is 0 Å². The van der Waals surface area contributed by atoms with Crippen LogP contribution in [0, 0.1) is 0 Å². The largest absolute Gasteiger partial charge is 0.339 e. The number of hydrogen-bond donors (Lipinski definition) is 0. The van der Waals surface area contributed by atoms with E-state index < -0.39 is 0 Å². The van der Waals surface area contributed by atoms with Crippen molar-refractivity contribution in [1.29, 1.82) is 0 Å². The number of fused-ring (bicyclic) bond motifs is 1. The molecule has 1 aromatic heterocycles. The van der Waals surface area contributed by atoms with Crippen LogP contribution >= 0.6 is 11.6 Å². The van der Waals surface area contributed by atoms with Crippen molar-refractivity contribution in [2.45, 2.75) is 26.3 Å². The lowest BCUT2D eigenvalue weighted by Gasteiger charge is -2.03. The second-order valence-corrected chi connectivity index (χ2v) is 4.32. The van der Waals surface area contributed by atoms with Gasteiger partial charge in [0.1, 0.15) is 0 Å². The molecular weight excluding hydrogens is 222 g/mol. The van der Waals surface area contributed by atoms with Gasteiger partial charge in [-0.05, 0) is 12.5 Å². The predicted molar refractivity (Wildman–Crippen MR) is 66.9 cm³/mol. The molecule has 0 spiro atoms. The maximum Gasteiger partial charge on any atom is 0.152 e. The molecule has 2 rings (SSSR count). The molecule has 84 valence electrons. The van der Waals surface area contributed by atoms with Gasteiger partial charge in [-0.1, -0.05) is 36.7 Å². The number of aromatic nitrogens is 1. The fourth-order valence-corrected chi connectivity index (χ4v) is 2.16. The lowest BCUT2D eigenvalue weighted by atomic mass is 10.2. The van der Waals surface area contributed by atoms with Gasteiger partial charge in [-0.3, -0.25) is 4.79 Å². The summed E-state index contributed by atoms with van der Waals surface area (Å²) in [6.07, 6.45) is 3.36. The van der Waals surface area contributed by atoms with Crippen LogP contribution in [0.3, 0.4) is 0 Å². The van der Waals surface area contributed by atoms with Crippen molar-refractivity contribution in [1.82, 2.24) is 4.57 Å². The van der Waals surface area contributed by atoms with Gasteiger partial charge >= 0.3 is 0 Å². The standard InChI is InChI=1S/C13H14ClNO/c1-2-5-10(16)8-15-9-12(14)11-6-3-4-7-13(11)15/h3-4,6-7,9H,2,5,8H2,1H3. The number of ketones is 1. The van der Waals surface area contributed by atoms with Gasteiger partial charge < -0.3 is 4.57 Å². The van der Waals surface area contributed by atoms with E-state index in [-0.39, 0.29) is 5.78 Å². The highest BCUT2D eigenvalue weighted by Gasteiger charge is 2.08. The highest BCUT2D eigenvalue weighted by molar-refractivity contribution is 6.35. The number of carbonyl (C=O) groups is 1. The fourth-order valence-electron chi connectivity index (χ4n) is 1.88. The van der Waals surface area contributed by atoms with E-state index in [0.717, 1.165) is 17.3 Å². The second kappa shape index (κ2) is 4.71. The minimum atomic E-state index is 0.250. The topological polar surface area (TPSA) is 22.0 Å². The molecule has 1 aromatic carbocycles. The summed E-state index contributed by atoms with van der Waals surface area (Å²) in [6.45, 7) is 2.43. The Kier molecular flexibility index (Phi) is 3.30. The number of halogens is 1. The quantitative estimate of drug-likeness (QED) is 0.793. The fraction of sp³-hybridized carbons (Fsp3) is 0.308. The molecule has 0 N–H and O–H groups in total. The molecule has 1 heterocycles. The molecule has 0 aliphatic heterocycles. The summed E-state index contributed by atoms with van der Waals surface area (Å²) in [7, 11) is 0. The number of nitrogens with zero attached hydrogens (tertiary/aromatic N) is 1. The van der Waals surface area contributed by atoms with Gasteiger partial charge in [0.05, 0.1) is 11.6 Å². The molecule has 3 heteroatoms. The van der Waals surface area contributed by atoms with Crippen LogP contribution in [0.5, 0.6) is 0 Å². The zero-order valence-corrected chi connectivity index (χ0v) is 10.00. The summed E-state index contributed by atoms with van der Waals surface area (Å²) >= 11 is 6.11. The van der Waals surface area contributed by atoms with Gasteiger partial charge in [0.25, 0.3) is 0 Å². The molecule has 0 aliphatic carbocycles. The lowest BCUT2D eigenvalue weighted by Crippen LogP contribution is -2.08. The first-order chi connectivity index (χ1) is 7.72. The molecular formula is C13H14ClNO. The summed E-state index contributed by atoms with van der Waals surface area (Å²) < 4.78 is 1.93. The smallest absolute Gasteiger partial charge is 0.152 e. The minimum Gasteiger partial charge on any atom is -0.339 e. The van der Waals surface area contributed by atoms with E-state index in [4.69, 9.17) is 11.6 Å². The van der Waals surface area contributed by atoms with Crippen LogP contribution in [0.2, 0.25) is 5.02 Å². The summed E-state index contributed by atoms with van der Waals surface area (Å²) in [4.78, 5) is 11.6. The molecule has 0 aliphatic rings. The Morgan fingerprint density at radius 2 is 2.12 bits per heavy atom. The molecule has 0 amide bonds. The molecule has 0 bridgehead atoms. The summed E-state index contributed by atoms with van der Waals surface area (Å²) in [5, 5.41) is 1.72. The number of carbonyl (C=O) groups excluding carboxylic acids is 1. The number of benzene rings is 1. The third-order valence-corrected chi connectivity index (χ3v) is 2.92.